The highest BCUT2D eigenvalue weighted by molar-refractivity contribution is 5.96. The Bertz CT molecular complexity index is 568. The van der Waals surface area contributed by atoms with E-state index in [1.54, 1.807) is 0 Å². The van der Waals surface area contributed by atoms with E-state index in [9.17, 15) is 19.5 Å². The molecule has 8 nitrogen and oxygen atoms in total. The number of phenols is 1. The molecular formula is C13H13NO7. The molecule has 0 saturated heterocycles. The number of para-hydroxylation sites is 1. The first-order valence-electron chi connectivity index (χ1n) is 5.74. The van der Waals surface area contributed by atoms with Gasteiger partial charge in [-0.05, 0) is 12.1 Å². The van der Waals surface area contributed by atoms with Crippen LogP contribution in [0.3, 0.4) is 0 Å². The minimum absolute atomic E-state index is 0.108. The van der Waals surface area contributed by atoms with Crippen molar-refractivity contribution in [2.24, 2.45) is 0 Å². The summed E-state index contributed by atoms with van der Waals surface area (Å²) in [6, 6.07) is 3.84. The number of hydrogen-bond donors (Lipinski definition) is 3. The number of aromatic carboxylic acids is 1. The zero-order chi connectivity index (χ0) is 15.8. The summed E-state index contributed by atoms with van der Waals surface area (Å²) in [5.74, 6) is -2.56. The zero-order valence-electron chi connectivity index (χ0n) is 10.9. The van der Waals surface area contributed by atoms with Crippen LogP contribution < -0.4 is 5.32 Å². The molecule has 0 heterocycles. The summed E-state index contributed by atoms with van der Waals surface area (Å²) in [6.07, 6.45) is 0.0395. The fourth-order valence-corrected chi connectivity index (χ4v) is 1.30. The highest BCUT2D eigenvalue weighted by Gasteiger charge is 2.15. The lowest BCUT2D eigenvalue weighted by Crippen LogP contribution is -2.18. The van der Waals surface area contributed by atoms with Crippen molar-refractivity contribution < 1.29 is 34.1 Å². The molecule has 8 heteroatoms. The molecule has 21 heavy (non-hydrogen) atoms. The molecule has 0 fully saturated rings. The maximum Gasteiger partial charge on any atom is 0.411 e. The van der Waals surface area contributed by atoms with Crippen LogP contribution in [0.25, 0.3) is 0 Å². The van der Waals surface area contributed by atoms with E-state index < -0.39 is 23.8 Å². The topological polar surface area (TPSA) is 122 Å². The van der Waals surface area contributed by atoms with Crippen molar-refractivity contribution in [2.45, 2.75) is 0 Å². The molecule has 1 aromatic carbocycles. The smallest absolute Gasteiger partial charge is 0.411 e. The average Bonchev–Trinajstić information content (AvgIpc) is 2.45. The number of carboxylic acids is 1. The van der Waals surface area contributed by atoms with Crippen LogP contribution in [0, 0.1) is 0 Å². The maximum absolute atomic E-state index is 11.4. The van der Waals surface area contributed by atoms with Crippen LogP contribution in [-0.2, 0) is 14.3 Å². The van der Waals surface area contributed by atoms with Gasteiger partial charge < -0.3 is 19.7 Å². The van der Waals surface area contributed by atoms with Gasteiger partial charge in [-0.3, -0.25) is 5.32 Å². The number of aromatic hydroxyl groups is 1. The van der Waals surface area contributed by atoms with Crippen LogP contribution >= 0.6 is 0 Å². The van der Waals surface area contributed by atoms with Crippen LogP contribution in [0.2, 0.25) is 0 Å². The lowest BCUT2D eigenvalue weighted by molar-refractivity contribution is -0.138. The number of carbonyl (C=O) groups excluding carboxylic acids is 2. The second-order valence-electron chi connectivity index (χ2n) is 3.64. The molecule has 0 aliphatic rings. The van der Waals surface area contributed by atoms with Gasteiger partial charge in [-0.2, -0.15) is 0 Å². The number of nitrogens with one attached hydrogen (secondary N) is 1. The highest BCUT2D eigenvalue weighted by atomic mass is 16.6. The Morgan fingerprint density at radius 2 is 1.90 bits per heavy atom. The van der Waals surface area contributed by atoms with Crippen molar-refractivity contribution in [1.29, 1.82) is 0 Å². The van der Waals surface area contributed by atoms with Gasteiger partial charge in [-0.15, -0.1) is 0 Å². The number of carbonyl (C=O) groups is 3. The number of amides is 1. The quantitative estimate of drug-likeness (QED) is 0.313. The van der Waals surface area contributed by atoms with E-state index in [0.29, 0.717) is 0 Å². The number of ether oxygens (including phenoxy) is 2. The van der Waals surface area contributed by atoms with Gasteiger partial charge in [0.05, 0.1) is 5.69 Å². The molecule has 0 atom stereocenters. The fraction of sp³-hybridized carbons (Fsp3) is 0.154. The summed E-state index contributed by atoms with van der Waals surface area (Å²) < 4.78 is 9.25. The van der Waals surface area contributed by atoms with Gasteiger partial charge >= 0.3 is 18.0 Å². The van der Waals surface area contributed by atoms with E-state index in [1.165, 1.54) is 18.2 Å². The van der Waals surface area contributed by atoms with E-state index >= 15 is 0 Å². The summed E-state index contributed by atoms with van der Waals surface area (Å²) >= 11 is 0. The van der Waals surface area contributed by atoms with Gasteiger partial charge in [0.1, 0.15) is 18.8 Å². The Morgan fingerprint density at radius 3 is 2.52 bits per heavy atom. The van der Waals surface area contributed by atoms with Gasteiger partial charge in [-0.25, -0.2) is 14.4 Å². The predicted octanol–water partition coefficient (Wildman–Crippen LogP) is 1.37. The molecule has 0 radical (unpaired) electrons. The lowest BCUT2D eigenvalue weighted by Gasteiger charge is -2.09. The number of carboxylic acid groups (broad SMARTS) is 1. The third kappa shape index (κ3) is 4.86. The normalized spacial score (nSPS) is 9.52. The van der Waals surface area contributed by atoms with E-state index in [0.717, 1.165) is 6.08 Å². The van der Waals surface area contributed by atoms with Crippen molar-refractivity contribution in [1.82, 2.24) is 0 Å². The predicted molar refractivity (Wildman–Crippen MR) is 71.2 cm³/mol. The number of anilines is 1. The van der Waals surface area contributed by atoms with E-state index in [2.05, 4.69) is 21.4 Å². The molecule has 0 spiro atoms. The summed E-state index contributed by atoms with van der Waals surface area (Å²) in [5, 5.41) is 20.6. The Hall–Kier alpha value is -3.03. The molecule has 1 amide bonds. The largest absolute Gasteiger partial charge is 0.505 e. The van der Waals surface area contributed by atoms with Gasteiger partial charge in [0.25, 0.3) is 0 Å². The summed E-state index contributed by atoms with van der Waals surface area (Å²) in [5.41, 5.74) is -0.462. The summed E-state index contributed by atoms with van der Waals surface area (Å²) in [7, 11) is 0. The molecule has 0 bridgehead atoms. The molecule has 1 rings (SSSR count). The molecule has 112 valence electrons. The van der Waals surface area contributed by atoms with Crippen molar-refractivity contribution in [2.75, 3.05) is 18.5 Å². The van der Waals surface area contributed by atoms with Crippen molar-refractivity contribution in [3.05, 3.63) is 36.4 Å². The summed E-state index contributed by atoms with van der Waals surface area (Å²) in [4.78, 5) is 32.9. The molecular weight excluding hydrogens is 282 g/mol. The van der Waals surface area contributed by atoms with E-state index in [-0.39, 0.29) is 24.5 Å². The van der Waals surface area contributed by atoms with Crippen LogP contribution in [0.15, 0.2) is 30.9 Å². The summed E-state index contributed by atoms with van der Waals surface area (Å²) in [6.45, 7) is 2.84. The van der Waals surface area contributed by atoms with Crippen LogP contribution in [0.4, 0.5) is 10.5 Å². The first kappa shape index (κ1) is 16.0. The standard InChI is InChI=1S/C13H13NO7/c1-2-10(15)20-6-7-21-13(19)14-9-5-3-4-8(11(9)16)12(17)18/h2-5,16H,1,6-7H2,(H,14,19)(H,17,18). The fourth-order valence-electron chi connectivity index (χ4n) is 1.30. The molecule has 0 aliphatic carbocycles. The minimum Gasteiger partial charge on any atom is -0.505 e. The van der Waals surface area contributed by atoms with Crippen molar-refractivity contribution >= 4 is 23.7 Å². The van der Waals surface area contributed by atoms with Crippen molar-refractivity contribution in [3.8, 4) is 5.75 Å². The first-order valence-corrected chi connectivity index (χ1v) is 5.74. The number of benzene rings is 1. The third-order valence-electron chi connectivity index (χ3n) is 2.23. The number of hydrogen-bond acceptors (Lipinski definition) is 6. The molecule has 3 N–H and O–H groups in total. The zero-order valence-corrected chi connectivity index (χ0v) is 10.9. The molecule has 1 aromatic rings. The Labute approximate surface area is 119 Å². The third-order valence-corrected chi connectivity index (χ3v) is 2.23. The van der Waals surface area contributed by atoms with E-state index in [4.69, 9.17) is 5.11 Å². The second kappa shape index (κ2) is 7.53. The molecule has 0 aromatic heterocycles. The second-order valence-corrected chi connectivity index (χ2v) is 3.64. The Kier molecular flexibility index (Phi) is 5.75. The molecule has 0 unspecified atom stereocenters. The van der Waals surface area contributed by atoms with Crippen molar-refractivity contribution in [3.63, 3.8) is 0 Å². The average molecular weight is 295 g/mol. The molecule has 0 aliphatic heterocycles. The minimum atomic E-state index is -1.33. The van der Waals surface area contributed by atoms with E-state index in [1.807, 2.05) is 0 Å². The number of esters is 1. The highest BCUT2D eigenvalue weighted by Crippen LogP contribution is 2.27. The first-order chi connectivity index (χ1) is 9.95. The monoisotopic (exact) mass is 295 g/mol. The van der Waals surface area contributed by atoms with Crippen LogP contribution in [-0.4, -0.2) is 41.5 Å². The van der Waals surface area contributed by atoms with Gasteiger partial charge in [0.2, 0.25) is 0 Å². The number of rotatable bonds is 6. The SMILES string of the molecule is C=CC(=O)OCCOC(=O)Nc1cccc(C(=O)O)c1O. The maximum atomic E-state index is 11.4. The Morgan fingerprint density at radius 1 is 1.24 bits per heavy atom. The van der Waals surface area contributed by atoms with Gasteiger partial charge in [0, 0.05) is 6.08 Å². The molecule has 0 saturated carbocycles. The lowest BCUT2D eigenvalue weighted by atomic mass is 10.2. The Balaban J connectivity index is 2.52. The van der Waals surface area contributed by atoms with Gasteiger partial charge in [-0.1, -0.05) is 12.6 Å². The van der Waals surface area contributed by atoms with Gasteiger partial charge in [0.15, 0.2) is 5.75 Å². The van der Waals surface area contributed by atoms with Crippen LogP contribution in [0.1, 0.15) is 10.4 Å². The van der Waals surface area contributed by atoms with Crippen LogP contribution in [0.5, 0.6) is 5.75 Å².